The van der Waals surface area contributed by atoms with Crippen LogP contribution in [0, 0.1) is 5.92 Å². The lowest BCUT2D eigenvalue weighted by Crippen LogP contribution is -2.19. The van der Waals surface area contributed by atoms with E-state index in [1.165, 1.54) is 0 Å². The number of nitrogens with one attached hydrogen (secondary N) is 1. The van der Waals surface area contributed by atoms with Crippen LogP contribution in [-0.4, -0.2) is 10.1 Å². The Hall–Kier alpha value is -1.94. The Balaban J connectivity index is 1.97. The summed E-state index contributed by atoms with van der Waals surface area (Å²) in [6, 6.07) is 17.4. The molecule has 1 amide bonds. The third-order valence-corrected chi connectivity index (χ3v) is 5.06. The summed E-state index contributed by atoms with van der Waals surface area (Å²) in [6.45, 7) is 3.90. The first-order valence-electron chi connectivity index (χ1n) is 7.87. The molecule has 0 aliphatic rings. The summed E-state index contributed by atoms with van der Waals surface area (Å²) in [4.78, 5) is 11.9. The van der Waals surface area contributed by atoms with E-state index in [4.69, 9.17) is 0 Å². The van der Waals surface area contributed by atoms with Gasteiger partial charge in [-0.2, -0.15) is 0 Å². The molecule has 0 fully saturated rings. The number of rotatable bonds is 7. The highest BCUT2D eigenvalue weighted by molar-refractivity contribution is 7.83. The lowest BCUT2D eigenvalue weighted by molar-refractivity contribution is -0.119. The maximum absolute atomic E-state index is 12.3. The van der Waals surface area contributed by atoms with Crippen molar-refractivity contribution in [3.05, 3.63) is 65.7 Å². The van der Waals surface area contributed by atoms with Gasteiger partial charge in [0.1, 0.15) is 0 Å². The van der Waals surface area contributed by atoms with Gasteiger partial charge in [0.2, 0.25) is 5.91 Å². The number of benzene rings is 2. The highest BCUT2D eigenvalue weighted by Crippen LogP contribution is 2.15. The molecule has 0 aliphatic carbocycles. The zero-order chi connectivity index (χ0) is 16.7. The molecular weight excluding hydrogens is 306 g/mol. The van der Waals surface area contributed by atoms with Crippen molar-refractivity contribution in [1.82, 2.24) is 0 Å². The second-order valence-corrected chi connectivity index (χ2v) is 7.17. The predicted molar refractivity (Wildman–Crippen MR) is 96.5 cm³/mol. The van der Waals surface area contributed by atoms with E-state index in [1.807, 2.05) is 68.4 Å². The molecule has 0 bridgehead atoms. The molecule has 23 heavy (non-hydrogen) atoms. The third-order valence-electron chi connectivity index (χ3n) is 3.75. The number of amides is 1. The number of carbonyl (C=O) groups excluding carboxylic acids is 1. The molecular formula is C19H23NO2S. The van der Waals surface area contributed by atoms with Gasteiger partial charge in [-0.3, -0.25) is 9.00 Å². The highest BCUT2D eigenvalue weighted by Gasteiger charge is 2.11. The van der Waals surface area contributed by atoms with Crippen LogP contribution in [0.4, 0.5) is 5.69 Å². The van der Waals surface area contributed by atoms with Crippen molar-refractivity contribution >= 4 is 22.4 Å². The minimum absolute atomic E-state index is 0.00845. The lowest BCUT2D eigenvalue weighted by atomic mass is 10.1. The maximum Gasteiger partial charge on any atom is 0.227 e. The summed E-state index contributed by atoms with van der Waals surface area (Å²) in [5.74, 6) is 1.05. The molecule has 0 aliphatic heterocycles. The molecule has 0 radical (unpaired) electrons. The Bertz CT molecular complexity index is 670. The molecule has 2 atom stereocenters. The molecule has 0 saturated carbocycles. The van der Waals surface area contributed by atoms with Crippen LogP contribution in [0.2, 0.25) is 0 Å². The average Bonchev–Trinajstić information content (AvgIpc) is 2.55. The van der Waals surface area contributed by atoms with E-state index in [0.29, 0.717) is 11.5 Å². The number of hydrogen-bond acceptors (Lipinski definition) is 2. The average molecular weight is 329 g/mol. The van der Waals surface area contributed by atoms with Crippen molar-refractivity contribution in [3.63, 3.8) is 0 Å². The second kappa shape index (κ2) is 8.63. The molecule has 2 unspecified atom stereocenters. The minimum atomic E-state index is -0.966. The molecule has 3 nitrogen and oxygen atoms in total. The van der Waals surface area contributed by atoms with Crippen LogP contribution >= 0.6 is 0 Å². The first-order valence-corrected chi connectivity index (χ1v) is 9.36. The molecule has 122 valence electrons. The van der Waals surface area contributed by atoms with Crippen molar-refractivity contribution in [2.24, 2.45) is 5.92 Å². The highest BCUT2D eigenvalue weighted by atomic mass is 32.2. The van der Waals surface area contributed by atoms with Gasteiger partial charge in [-0.05, 0) is 29.7 Å². The van der Waals surface area contributed by atoms with Gasteiger partial charge >= 0.3 is 0 Å². The van der Waals surface area contributed by atoms with E-state index in [1.54, 1.807) is 0 Å². The van der Waals surface area contributed by atoms with Crippen molar-refractivity contribution in [3.8, 4) is 0 Å². The molecule has 1 N–H and O–H groups in total. The standard InChI is InChI=1S/C19H23NO2S/c1-3-15(2)19(21)20-18-11-7-10-17(12-18)14-23(22)13-16-8-5-4-6-9-16/h4-12,15H,3,13-14H2,1-2H3,(H,20,21). The summed E-state index contributed by atoms with van der Waals surface area (Å²) in [7, 11) is -0.966. The van der Waals surface area contributed by atoms with E-state index in [9.17, 15) is 9.00 Å². The van der Waals surface area contributed by atoms with Crippen LogP contribution < -0.4 is 5.32 Å². The Morgan fingerprint density at radius 2 is 1.70 bits per heavy atom. The van der Waals surface area contributed by atoms with Gasteiger partial charge in [-0.25, -0.2) is 0 Å². The monoisotopic (exact) mass is 329 g/mol. The molecule has 2 rings (SSSR count). The fourth-order valence-corrected chi connectivity index (χ4v) is 3.40. The Morgan fingerprint density at radius 1 is 1.04 bits per heavy atom. The smallest absolute Gasteiger partial charge is 0.227 e. The van der Waals surface area contributed by atoms with Gasteiger partial charge in [0.05, 0.1) is 0 Å². The summed E-state index contributed by atoms with van der Waals surface area (Å²) in [6.07, 6.45) is 0.812. The van der Waals surface area contributed by atoms with Crippen molar-refractivity contribution < 1.29 is 9.00 Å². The van der Waals surface area contributed by atoms with E-state index in [2.05, 4.69) is 5.32 Å². The maximum atomic E-state index is 12.3. The zero-order valence-corrected chi connectivity index (χ0v) is 14.4. The quantitative estimate of drug-likeness (QED) is 0.830. The Morgan fingerprint density at radius 3 is 2.39 bits per heavy atom. The summed E-state index contributed by atoms with van der Waals surface area (Å²) >= 11 is 0. The van der Waals surface area contributed by atoms with Gasteiger partial charge in [-0.15, -0.1) is 0 Å². The van der Waals surface area contributed by atoms with Gasteiger partial charge < -0.3 is 5.32 Å². The van der Waals surface area contributed by atoms with Gasteiger partial charge in [0.15, 0.2) is 0 Å². The first-order chi connectivity index (χ1) is 11.1. The van der Waals surface area contributed by atoms with Crippen LogP contribution in [-0.2, 0) is 27.1 Å². The Labute approximate surface area is 140 Å². The topological polar surface area (TPSA) is 46.2 Å². The van der Waals surface area contributed by atoms with Gasteiger partial charge in [0.25, 0.3) is 0 Å². The van der Waals surface area contributed by atoms with Crippen LogP contribution in [0.15, 0.2) is 54.6 Å². The van der Waals surface area contributed by atoms with Crippen LogP contribution in [0.1, 0.15) is 31.4 Å². The molecule has 0 heterocycles. The van der Waals surface area contributed by atoms with Crippen molar-refractivity contribution in [1.29, 1.82) is 0 Å². The molecule has 2 aromatic carbocycles. The summed E-state index contributed by atoms with van der Waals surface area (Å²) in [5.41, 5.74) is 2.82. The Kier molecular flexibility index (Phi) is 6.53. The first kappa shape index (κ1) is 17.4. The normalized spacial score (nSPS) is 13.3. The van der Waals surface area contributed by atoms with E-state index in [-0.39, 0.29) is 11.8 Å². The molecule has 0 spiro atoms. The molecule has 0 aromatic heterocycles. The lowest BCUT2D eigenvalue weighted by Gasteiger charge is -2.11. The number of hydrogen-bond donors (Lipinski definition) is 1. The second-order valence-electron chi connectivity index (χ2n) is 5.71. The van der Waals surface area contributed by atoms with E-state index in [0.717, 1.165) is 23.2 Å². The summed E-state index contributed by atoms with van der Waals surface area (Å²) < 4.78 is 12.3. The largest absolute Gasteiger partial charge is 0.326 e. The summed E-state index contributed by atoms with van der Waals surface area (Å²) in [5, 5.41) is 2.92. The van der Waals surface area contributed by atoms with Crippen molar-refractivity contribution in [2.45, 2.75) is 31.8 Å². The van der Waals surface area contributed by atoms with Crippen molar-refractivity contribution in [2.75, 3.05) is 5.32 Å². The minimum Gasteiger partial charge on any atom is -0.326 e. The predicted octanol–water partition coefficient (Wildman–Crippen LogP) is 4.12. The molecule has 0 saturated heterocycles. The van der Waals surface area contributed by atoms with Gasteiger partial charge in [0, 0.05) is 33.9 Å². The van der Waals surface area contributed by atoms with E-state index >= 15 is 0 Å². The SMILES string of the molecule is CCC(C)C(=O)Nc1cccc(CS(=O)Cc2ccccc2)c1. The molecule has 2 aromatic rings. The van der Waals surface area contributed by atoms with Crippen LogP contribution in [0.5, 0.6) is 0 Å². The molecule has 4 heteroatoms. The third kappa shape index (κ3) is 5.64. The van der Waals surface area contributed by atoms with E-state index < -0.39 is 10.8 Å². The van der Waals surface area contributed by atoms with Crippen LogP contribution in [0.3, 0.4) is 0 Å². The van der Waals surface area contributed by atoms with Gasteiger partial charge in [-0.1, -0.05) is 56.3 Å². The number of anilines is 1. The van der Waals surface area contributed by atoms with Crippen LogP contribution in [0.25, 0.3) is 0 Å². The number of carbonyl (C=O) groups is 1. The zero-order valence-electron chi connectivity index (χ0n) is 13.6. The fraction of sp³-hybridized carbons (Fsp3) is 0.316. The fourth-order valence-electron chi connectivity index (χ4n) is 2.19.